The summed E-state index contributed by atoms with van der Waals surface area (Å²) in [7, 11) is 0. The van der Waals surface area contributed by atoms with Gasteiger partial charge in [-0.1, -0.05) is 18.7 Å². The number of hydrogen-bond acceptors (Lipinski definition) is 2. The van der Waals surface area contributed by atoms with Gasteiger partial charge >= 0.3 is 11.8 Å². The summed E-state index contributed by atoms with van der Waals surface area (Å²) in [6, 6.07) is 5.01. The Morgan fingerprint density at radius 1 is 1.21 bits per heavy atom. The summed E-state index contributed by atoms with van der Waals surface area (Å²) in [5.41, 5.74) is 7.36. The smallest absolute Gasteiger partial charge is 0.329 e. The highest BCUT2D eigenvalue weighted by Gasteiger charge is 2.63. The molecule has 0 atom stereocenters. The molecule has 1 fully saturated rings. The summed E-state index contributed by atoms with van der Waals surface area (Å²) in [5, 5.41) is 0. The minimum absolute atomic E-state index is 0.104. The van der Waals surface area contributed by atoms with Crippen LogP contribution in [0, 0.1) is 6.92 Å². The van der Waals surface area contributed by atoms with Crippen molar-refractivity contribution < 1.29 is 17.6 Å². The van der Waals surface area contributed by atoms with Crippen LogP contribution in [0.1, 0.15) is 11.1 Å². The number of rotatable bonds is 2. The predicted octanol–water partition coefficient (Wildman–Crippen LogP) is 3.13. The molecule has 0 aliphatic carbocycles. The van der Waals surface area contributed by atoms with Crippen molar-refractivity contribution >= 4 is 11.4 Å². The molecule has 0 bridgehead atoms. The quantitative estimate of drug-likeness (QED) is 0.663. The van der Waals surface area contributed by atoms with Gasteiger partial charge in [0.1, 0.15) is 0 Å². The Kier molecular flexibility index (Phi) is 2.99. The third kappa shape index (κ3) is 2.15. The van der Waals surface area contributed by atoms with Gasteiger partial charge in [0, 0.05) is 16.9 Å². The number of nitrogens with two attached hydrogens (primary N) is 1. The average Bonchev–Trinajstić information content (AvgIpc) is 2.47. The highest BCUT2D eigenvalue weighted by atomic mass is 19.3. The third-order valence-electron chi connectivity index (χ3n) is 3.29. The highest BCUT2D eigenvalue weighted by molar-refractivity contribution is 5.75. The number of likely N-dealkylation sites (tertiary alicyclic amines) is 1. The van der Waals surface area contributed by atoms with Crippen molar-refractivity contribution in [2.24, 2.45) is 0 Å². The van der Waals surface area contributed by atoms with Gasteiger partial charge in [-0.25, -0.2) is 0 Å². The van der Waals surface area contributed by atoms with Crippen molar-refractivity contribution in [3.05, 3.63) is 35.9 Å². The van der Waals surface area contributed by atoms with Gasteiger partial charge in [-0.05, 0) is 18.6 Å². The van der Waals surface area contributed by atoms with E-state index in [-0.39, 0.29) is 5.70 Å². The molecule has 6 heteroatoms. The SMILES string of the molecule is C=C(c1c(C)cccc1N)N1CC(F)(F)C(F)(F)C1. The van der Waals surface area contributed by atoms with Crippen LogP contribution in [0.25, 0.3) is 5.70 Å². The van der Waals surface area contributed by atoms with E-state index in [1.165, 1.54) is 0 Å². The van der Waals surface area contributed by atoms with Crippen molar-refractivity contribution in [2.45, 2.75) is 18.8 Å². The fourth-order valence-electron chi connectivity index (χ4n) is 2.20. The Bertz CT molecular complexity index is 489. The predicted molar refractivity (Wildman–Crippen MR) is 66.1 cm³/mol. The minimum atomic E-state index is -4.05. The van der Waals surface area contributed by atoms with Gasteiger partial charge in [-0.2, -0.15) is 17.6 Å². The lowest BCUT2D eigenvalue weighted by atomic mass is 10.0. The van der Waals surface area contributed by atoms with E-state index < -0.39 is 24.9 Å². The number of halogens is 4. The molecule has 0 spiro atoms. The largest absolute Gasteiger partial charge is 0.398 e. The molecule has 2 rings (SSSR count). The van der Waals surface area contributed by atoms with E-state index in [9.17, 15) is 17.6 Å². The molecule has 0 unspecified atom stereocenters. The lowest BCUT2D eigenvalue weighted by molar-refractivity contribution is -0.172. The molecular weight excluding hydrogens is 260 g/mol. The Balaban J connectivity index is 2.33. The first-order valence-electron chi connectivity index (χ1n) is 5.71. The molecule has 1 aromatic carbocycles. The van der Waals surface area contributed by atoms with E-state index in [4.69, 9.17) is 5.73 Å². The summed E-state index contributed by atoms with van der Waals surface area (Å²) in [4.78, 5) is 0.888. The first kappa shape index (κ1) is 13.7. The molecule has 104 valence electrons. The van der Waals surface area contributed by atoms with Gasteiger partial charge in [0.15, 0.2) is 0 Å². The fourth-order valence-corrected chi connectivity index (χ4v) is 2.20. The maximum Gasteiger partial charge on any atom is 0.329 e. The highest BCUT2D eigenvalue weighted by Crippen LogP contribution is 2.44. The number of alkyl halides is 4. The van der Waals surface area contributed by atoms with Gasteiger partial charge < -0.3 is 10.6 Å². The number of benzene rings is 1. The number of nitrogens with zero attached hydrogens (tertiary/aromatic N) is 1. The van der Waals surface area contributed by atoms with Gasteiger partial charge in [-0.15, -0.1) is 0 Å². The van der Waals surface area contributed by atoms with Crippen molar-refractivity contribution in [1.29, 1.82) is 0 Å². The maximum absolute atomic E-state index is 13.2. The second-order valence-corrected chi connectivity index (χ2v) is 4.75. The molecule has 1 heterocycles. The average molecular weight is 274 g/mol. The first-order valence-corrected chi connectivity index (χ1v) is 5.71. The molecule has 0 saturated carbocycles. The van der Waals surface area contributed by atoms with E-state index in [0.29, 0.717) is 16.8 Å². The van der Waals surface area contributed by atoms with Crippen LogP contribution in [-0.4, -0.2) is 29.8 Å². The zero-order chi connectivity index (χ0) is 14.4. The standard InChI is InChI=1S/C13H14F4N2/c1-8-4-3-5-10(18)11(8)9(2)19-6-12(14,15)13(16,17)7-19/h3-5H,2,6-7,18H2,1H3. The Hall–Kier alpha value is -1.72. The summed E-state index contributed by atoms with van der Waals surface area (Å²) < 4.78 is 52.7. The Labute approximate surface area is 108 Å². The molecule has 2 nitrogen and oxygen atoms in total. The fraction of sp³-hybridized carbons (Fsp3) is 0.385. The molecule has 1 saturated heterocycles. The van der Waals surface area contributed by atoms with Gasteiger partial charge in [0.05, 0.1) is 13.1 Å². The van der Waals surface area contributed by atoms with Crippen LogP contribution in [-0.2, 0) is 0 Å². The van der Waals surface area contributed by atoms with Crippen LogP contribution in [0.4, 0.5) is 23.2 Å². The Morgan fingerprint density at radius 2 is 1.74 bits per heavy atom. The van der Waals surface area contributed by atoms with Crippen LogP contribution in [0.3, 0.4) is 0 Å². The molecule has 1 aliphatic rings. The summed E-state index contributed by atoms with van der Waals surface area (Å²) >= 11 is 0. The molecule has 0 radical (unpaired) electrons. The normalized spacial score (nSPS) is 20.6. The maximum atomic E-state index is 13.2. The topological polar surface area (TPSA) is 29.3 Å². The van der Waals surface area contributed by atoms with Gasteiger partial charge in [-0.3, -0.25) is 0 Å². The number of anilines is 1. The second-order valence-electron chi connectivity index (χ2n) is 4.75. The molecule has 19 heavy (non-hydrogen) atoms. The molecule has 0 aromatic heterocycles. The first-order chi connectivity index (χ1) is 8.66. The van der Waals surface area contributed by atoms with Crippen molar-refractivity contribution in [3.8, 4) is 0 Å². The van der Waals surface area contributed by atoms with Crippen molar-refractivity contribution in [3.63, 3.8) is 0 Å². The summed E-state index contributed by atoms with van der Waals surface area (Å²) in [6.07, 6.45) is 0. The number of nitrogen functional groups attached to an aromatic ring is 1. The number of aryl methyl sites for hydroxylation is 1. The van der Waals surface area contributed by atoms with E-state index in [1.807, 2.05) is 0 Å². The lowest BCUT2D eigenvalue weighted by Gasteiger charge is -2.22. The van der Waals surface area contributed by atoms with Gasteiger partial charge in [0.2, 0.25) is 0 Å². The van der Waals surface area contributed by atoms with E-state index in [1.54, 1.807) is 25.1 Å². The molecule has 1 aliphatic heterocycles. The molecule has 0 amide bonds. The third-order valence-corrected chi connectivity index (χ3v) is 3.29. The molecule has 1 aromatic rings. The van der Waals surface area contributed by atoms with E-state index in [2.05, 4.69) is 6.58 Å². The zero-order valence-electron chi connectivity index (χ0n) is 10.4. The van der Waals surface area contributed by atoms with Crippen LogP contribution in [0.2, 0.25) is 0 Å². The van der Waals surface area contributed by atoms with Gasteiger partial charge in [0.25, 0.3) is 0 Å². The van der Waals surface area contributed by atoms with E-state index >= 15 is 0 Å². The zero-order valence-corrected chi connectivity index (χ0v) is 10.4. The molecular formula is C13H14F4N2. The van der Waals surface area contributed by atoms with Crippen LogP contribution in [0.15, 0.2) is 24.8 Å². The van der Waals surface area contributed by atoms with Crippen LogP contribution < -0.4 is 5.73 Å². The van der Waals surface area contributed by atoms with Crippen molar-refractivity contribution in [1.82, 2.24) is 4.90 Å². The summed E-state index contributed by atoms with van der Waals surface area (Å²) in [6.45, 7) is 3.27. The summed E-state index contributed by atoms with van der Waals surface area (Å²) in [5.74, 6) is -8.10. The number of hydrogen-bond donors (Lipinski definition) is 1. The van der Waals surface area contributed by atoms with Crippen molar-refractivity contribution in [2.75, 3.05) is 18.8 Å². The Morgan fingerprint density at radius 3 is 2.21 bits per heavy atom. The van der Waals surface area contributed by atoms with Crippen LogP contribution in [0.5, 0.6) is 0 Å². The monoisotopic (exact) mass is 274 g/mol. The van der Waals surface area contributed by atoms with Crippen LogP contribution >= 0.6 is 0 Å². The second kappa shape index (κ2) is 4.15. The minimum Gasteiger partial charge on any atom is -0.398 e. The van der Waals surface area contributed by atoms with E-state index in [0.717, 1.165) is 4.90 Å². The molecule has 2 N–H and O–H groups in total. The lowest BCUT2D eigenvalue weighted by Crippen LogP contribution is -2.38.